The molecule has 0 aromatic rings. The molecule has 0 aromatic carbocycles. The van der Waals surface area contributed by atoms with Crippen molar-refractivity contribution in [3.63, 3.8) is 0 Å². The molecular weight excluding hydrogens is 176 g/mol. The predicted octanol–water partition coefficient (Wildman–Crippen LogP) is 2.85. The van der Waals surface area contributed by atoms with Gasteiger partial charge in [0.25, 0.3) is 0 Å². The maximum Gasteiger partial charge on any atom is 0.168 e. The molecule has 0 saturated heterocycles. The van der Waals surface area contributed by atoms with Crippen LogP contribution in [-0.2, 0) is 9.53 Å². The Hall–Kier alpha value is -1.05. The third-order valence-electron chi connectivity index (χ3n) is 2.67. The third-order valence-corrected chi connectivity index (χ3v) is 2.67. The molecule has 0 aromatic heterocycles. The Morgan fingerprint density at radius 1 is 1.43 bits per heavy atom. The van der Waals surface area contributed by atoms with Crippen molar-refractivity contribution in [1.29, 1.82) is 0 Å². The van der Waals surface area contributed by atoms with Gasteiger partial charge in [0, 0.05) is 5.57 Å². The minimum absolute atomic E-state index is 0.0114. The highest BCUT2D eigenvalue weighted by molar-refractivity contribution is 5.98. The van der Waals surface area contributed by atoms with E-state index in [9.17, 15) is 4.79 Å². The monoisotopic (exact) mass is 194 g/mol. The molecule has 0 saturated carbocycles. The lowest BCUT2D eigenvalue weighted by Crippen LogP contribution is -2.31. The average Bonchev–Trinajstić information content (AvgIpc) is 2.18. The van der Waals surface area contributed by atoms with Crippen LogP contribution in [0.15, 0.2) is 23.5 Å². The van der Waals surface area contributed by atoms with E-state index in [1.54, 1.807) is 0 Å². The van der Waals surface area contributed by atoms with Crippen LogP contribution in [0.1, 0.15) is 34.1 Å². The zero-order valence-corrected chi connectivity index (χ0v) is 9.33. The predicted molar refractivity (Wildman–Crippen MR) is 56.8 cm³/mol. The van der Waals surface area contributed by atoms with Gasteiger partial charge in [0.1, 0.15) is 11.9 Å². The van der Waals surface area contributed by atoms with Crippen LogP contribution in [-0.4, -0.2) is 11.9 Å². The fourth-order valence-corrected chi connectivity index (χ4v) is 1.46. The van der Waals surface area contributed by atoms with E-state index < -0.39 is 0 Å². The number of ketones is 1. The second-order valence-electron chi connectivity index (χ2n) is 3.78. The summed E-state index contributed by atoms with van der Waals surface area (Å²) >= 11 is 0. The first kappa shape index (κ1) is 11.0. The van der Waals surface area contributed by atoms with Crippen LogP contribution >= 0.6 is 0 Å². The summed E-state index contributed by atoms with van der Waals surface area (Å²) in [7, 11) is 0. The van der Waals surface area contributed by atoms with Crippen LogP contribution in [0.4, 0.5) is 0 Å². The summed E-state index contributed by atoms with van der Waals surface area (Å²) in [4.78, 5) is 11.7. The van der Waals surface area contributed by atoms with E-state index >= 15 is 0 Å². The Kier molecular flexibility index (Phi) is 3.50. The van der Waals surface area contributed by atoms with Crippen molar-refractivity contribution in [2.24, 2.45) is 5.92 Å². The van der Waals surface area contributed by atoms with Crippen molar-refractivity contribution < 1.29 is 9.53 Å². The fraction of sp³-hybridized carbons (Fsp3) is 0.583. The lowest BCUT2D eigenvalue weighted by Gasteiger charge is -2.27. The van der Waals surface area contributed by atoms with E-state index in [1.165, 1.54) is 0 Å². The van der Waals surface area contributed by atoms with Gasteiger partial charge in [-0.15, -0.1) is 0 Å². The lowest BCUT2D eigenvalue weighted by molar-refractivity contribution is -0.124. The Bertz CT molecular complexity index is 287. The summed E-state index contributed by atoms with van der Waals surface area (Å²) in [5.74, 6) is 0.927. The normalized spacial score (nSPS) is 28.4. The Balaban J connectivity index is 2.93. The molecule has 2 unspecified atom stereocenters. The van der Waals surface area contributed by atoms with Crippen LogP contribution in [0.3, 0.4) is 0 Å². The summed E-state index contributed by atoms with van der Waals surface area (Å²) in [5, 5.41) is 0. The summed E-state index contributed by atoms with van der Waals surface area (Å²) < 4.78 is 5.66. The van der Waals surface area contributed by atoms with Gasteiger partial charge in [-0.05, 0) is 26.3 Å². The minimum atomic E-state index is -0.0197. The first-order valence-corrected chi connectivity index (χ1v) is 5.16. The van der Waals surface area contributed by atoms with E-state index in [-0.39, 0.29) is 17.8 Å². The molecule has 1 aliphatic rings. The summed E-state index contributed by atoms with van der Waals surface area (Å²) in [6.07, 6.45) is 4.85. The first-order valence-electron chi connectivity index (χ1n) is 5.16. The maximum atomic E-state index is 11.7. The zero-order valence-electron chi connectivity index (χ0n) is 9.33. The second kappa shape index (κ2) is 4.45. The molecule has 0 aliphatic carbocycles. The average molecular weight is 194 g/mol. The number of hydrogen-bond acceptors (Lipinski definition) is 2. The number of ether oxygens (including phenoxy) is 1. The van der Waals surface area contributed by atoms with E-state index in [0.717, 1.165) is 17.8 Å². The number of rotatable bonds is 2. The molecule has 0 amide bonds. The van der Waals surface area contributed by atoms with E-state index in [0.29, 0.717) is 0 Å². The molecule has 0 radical (unpaired) electrons. The van der Waals surface area contributed by atoms with Crippen molar-refractivity contribution in [2.45, 2.75) is 40.2 Å². The standard InChI is InChI=1S/C12H18O2/c1-5-6-7-11-9(3)12(13)8(2)10(4)14-11/h6-8,10H,5H2,1-4H3. The zero-order chi connectivity index (χ0) is 10.7. The number of Topliss-reactive ketones (excluding diaryl/α,β-unsaturated/α-hetero) is 1. The SMILES string of the molecule is CCC=CC1=C(C)C(=O)C(C)C(C)O1. The van der Waals surface area contributed by atoms with Gasteiger partial charge in [0.2, 0.25) is 0 Å². The van der Waals surface area contributed by atoms with E-state index in [2.05, 4.69) is 6.92 Å². The topological polar surface area (TPSA) is 26.3 Å². The Morgan fingerprint density at radius 2 is 2.07 bits per heavy atom. The highest BCUT2D eigenvalue weighted by Crippen LogP contribution is 2.25. The molecule has 1 aliphatic heterocycles. The summed E-state index contributed by atoms with van der Waals surface area (Å²) in [6, 6.07) is 0. The van der Waals surface area contributed by atoms with Crippen LogP contribution in [0, 0.1) is 5.92 Å². The van der Waals surface area contributed by atoms with Gasteiger partial charge in [-0.3, -0.25) is 4.79 Å². The smallest absolute Gasteiger partial charge is 0.168 e. The maximum absolute atomic E-state index is 11.7. The number of allylic oxidation sites excluding steroid dienone is 3. The molecule has 0 bridgehead atoms. The van der Waals surface area contributed by atoms with Gasteiger partial charge in [-0.2, -0.15) is 0 Å². The molecule has 2 nitrogen and oxygen atoms in total. The molecule has 2 heteroatoms. The van der Waals surface area contributed by atoms with Crippen molar-refractivity contribution in [3.05, 3.63) is 23.5 Å². The van der Waals surface area contributed by atoms with E-state index in [4.69, 9.17) is 4.74 Å². The highest BCUT2D eigenvalue weighted by atomic mass is 16.5. The molecule has 0 spiro atoms. The van der Waals surface area contributed by atoms with Crippen molar-refractivity contribution in [2.75, 3.05) is 0 Å². The number of carbonyl (C=O) groups excluding carboxylic acids is 1. The molecule has 0 fully saturated rings. The number of hydrogen-bond donors (Lipinski definition) is 0. The molecule has 78 valence electrons. The minimum Gasteiger partial charge on any atom is -0.490 e. The molecular formula is C12H18O2. The molecule has 14 heavy (non-hydrogen) atoms. The molecule has 0 N–H and O–H groups in total. The van der Waals surface area contributed by atoms with Crippen molar-refractivity contribution in [1.82, 2.24) is 0 Å². The molecule has 1 heterocycles. The van der Waals surface area contributed by atoms with Gasteiger partial charge in [-0.1, -0.05) is 19.9 Å². The quantitative estimate of drug-likeness (QED) is 0.675. The summed E-state index contributed by atoms with van der Waals surface area (Å²) in [5.41, 5.74) is 0.750. The van der Waals surface area contributed by atoms with Gasteiger partial charge < -0.3 is 4.74 Å². The first-order chi connectivity index (χ1) is 6.57. The third kappa shape index (κ3) is 2.06. The van der Waals surface area contributed by atoms with E-state index in [1.807, 2.05) is 32.9 Å². The van der Waals surface area contributed by atoms with Crippen molar-refractivity contribution >= 4 is 5.78 Å². The highest BCUT2D eigenvalue weighted by Gasteiger charge is 2.29. The second-order valence-corrected chi connectivity index (χ2v) is 3.78. The molecule has 2 atom stereocenters. The van der Waals surface area contributed by atoms with Crippen LogP contribution in [0.25, 0.3) is 0 Å². The summed E-state index contributed by atoms with van der Waals surface area (Å²) in [6.45, 7) is 7.74. The number of carbonyl (C=O) groups is 1. The van der Waals surface area contributed by atoms with Crippen LogP contribution < -0.4 is 0 Å². The largest absolute Gasteiger partial charge is 0.490 e. The van der Waals surface area contributed by atoms with Crippen LogP contribution in [0.5, 0.6) is 0 Å². The fourth-order valence-electron chi connectivity index (χ4n) is 1.46. The van der Waals surface area contributed by atoms with Crippen molar-refractivity contribution in [3.8, 4) is 0 Å². The van der Waals surface area contributed by atoms with Gasteiger partial charge in [-0.25, -0.2) is 0 Å². The lowest BCUT2D eigenvalue weighted by atomic mass is 9.92. The van der Waals surface area contributed by atoms with Gasteiger partial charge in [0.15, 0.2) is 5.78 Å². The van der Waals surface area contributed by atoms with Gasteiger partial charge in [0.05, 0.1) is 5.92 Å². The van der Waals surface area contributed by atoms with Gasteiger partial charge >= 0.3 is 0 Å². The Labute approximate surface area is 85.6 Å². The molecule has 1 rings (SSSR count). The van der Waals surface area contributed by atoms with Crippen LogP contribution in [0.2, 0.25) is 0 Å². The Morgan fingerprint density at radius 3 is 2.64 bits per heavy atom.